The molecule has 0 spiro atoms. The average Bonchev–Trinajstić information content (AvgIpc) is 2.45. The van der Waals surface area contributed by atoms with E-state index in [0.717, 1.165) is 11.5 Å². The lowest BCUT2D eigenvalue weighted by atomic mass is 9.90. The first-order valence-electron chi connectivity index (χ1n) is 4.16. The van der Waals surface area contributed by atoms with Crippen molar-refractivity contribution < 1.29 is 4.84 Å². The Morgan fingerprint density at radius 1 is 1.50 bits per heavy atom. The van der Waals surface area contributed by atoms with Crippen LogP contribution >= 0.6 is 11.5 Å². The van der Waals surface area contributed by atoms with Gasteiger partial charge in [0, 0.05) is 16.9 Å². The molecule has 1 aromatic heterocycles. The molecule has 78 valence electrons. The van der Waals surface area contributed by atoms with Crippen LogP contribution in [0.3, 0.4) is 0 Å². The minimum Gasteiger partial charge on any atom is -0.399 e. The molecule has 6 heteroatoms. The molecule has 5 nitrogen and oxygen atoms in total. The van der Waals surface area contributed by atoms with E-state index in [1.54, 1.807) is 0 Å². The minimum absolute atomic E-state index is 0.163. The van der Waals surface area contributed by atoms with E-state index < -0.39 is 0 Å². The molecule has 1 aromatic rings. The lowest BCUT2D eigenvalue weighted by Crippen LogP contribution is -2.23. The van der Waals surface area contributed by atoms with Gasteiger partial charge in [-0.2, -0.15) is 9.36 Å². The summed E-state index contributed by atoms with van der Waals surface area (Å²) in [5, 5.41) is 4.36. The molecular formula is C8H14N4OS. The summed E-state index contributed by atoms with van der Waals surface area (Å²) in [6, 6.07) is 0. The standard InChI is InChI=1S/C8H14N4OS/c1-8(2,3)5(11-13-4)6-10-7(9)14-12-6/h1-4H3,(H2,9,10,12)/b11-5+. The number of nitrogens with two attached hydrogens (primary N) is 1. The van der Waals surface area contributed by atoms with Crippen molar-refractivity contribution in [3.63, 3.8) is 0 Å². The maximum atomic E-state index is 5.50. The summed E-state index contributed by atoms with van der Waals surface area (Å²) < 4.78 is 4.10. The Hall–Kier alpha value is -1.17. The summed E-state index contributed by atoms with van der Waals surface area (Å²) >= 11 is 1.15. The van der Waals surface area contributed by atoms with Crippen molar-refractivity contribution in [2.24, 2.45) is 10.6 Å². The predicted octanol–water partition coefficient (Wildman–Crippen LogP) is 1.52. The van der Waals surface area contributed by atoms with Crippen molar-refractivity contribution in [1.82, 2.24) is 9.36 Å². The van der Waals surface area contributed by atoms with E-state index >= 15 is 0 Å². The summed E-state index contributed by atoms with van der Waals surface area (Å²) in [6.45, 7) is 6.05. The number of hydrogen-bond acceptors (Lipinski definition) is 6. The topological polar surface area (TPSA) is 73.4 Å². The second kappa shape index (κ2) is 3.91. The van der Waals surface area contributed by atoms with Crippen molar-refractivity contribution in [1.29, 1.82) is 0 Å². The zero-order valence-electron chi connectivity index (χ0n) is 8.74. The molecule has 0 radical (unpaired) electrons. The number of aromatic nitrogens is 2. The Balaban J connectivity index is 3.08. The third-order valence-corrected chi connectivity index (χ3v) is 2.09. The smallest absolute Gasteiger partial charge is 0.200 e. The monoisotopic (exact) mass is 214 g/mol. The summed E-state index contributed by atoms with van der Waals surface area (Å²) in [6.07, 6.45) is 0. The first-order valence-corrected chi connectivity index (χ1v) is 4.93. The second-order valence-electron chi connectivity index (χ2n) is 3.83. The number of nitrogen functional groups attached to an aromatic ring is 1. The lowest BCUT2D eigenvalue weighted by molar-refractivity contribution is 0.209. The largest absolute Gasteiger partial charge is 0.399 e. The van der Waals surface area contributed by atoms with Crippen LogP contribution in [0.1, 0.15) is 26.6 Å². The fourth-order valence-electron chi connectivity index (χ4n) is 0.936. The summed E-state index contributed by atoms with van der Waals surface area (Å²) in [4.78, 5) is 8.84. The summed E-state index contributed by atoms with van der Waals surface area (Å²) in [5.74, 6) is 0.543. The van der Waals surface area contributed by atoms with E-state index in [1.165, 1.54) is 7.11 Å². The van der Waals surface area contributed by atoms with Gasteiger partial charge in [0.1, 0.15) is 12.8 Å². The SMILES string of the molecule is CO/N=C(\c1nsc(N)n1)C(C)(C)C. The molecule has 14 heavy (non-hydrogen) atoms. The maximum Gasteiger partial charge on any atom is 0.200 e. The lowest BCUT2D eigenvalue weighted by Gasteiger charge is -2.17. The first kappa shape index (κ1) is 10.9. The molecule has 2 N–H and O–H groups in total. The zero-order valence-corrected chi connectivity index (χ0v) is 9.55. The molecule has 0 aliphatic carbocycles. The zero-order chi connectivity index (χ0) is 10.8. The third-order valence-electron chi connectivity index (χ3n) is 1.55. The Labute approximate surface area is 87.1 Å². The van der Waals surface area contributed by atoms with E-state index in [9.17, 15) is 0 Å². The van der Waals surface area contributed by atoms with Crippen LogP contribution in [-0.2, 0) is 4.84 Å². The first-order chi connectivity index (χ1) is 6.45. The molecule has 0 saturated heterocycles. The van der Waals surface area contributed by atoms with E-state index in [4.69, 9.17) is 10.6 Å². The van der Waals surface area contributed by atoms with Crippen molar-refractivity contribution in [2.75, 3.05) is 12.8 Å². The number of oxime groups is 1. The summed E-state index contributed by atoms with van der Waals surface area (Å²) in [7, 11) is 1.50. The molecule has 0 fully saturated rings. The van der Waals surface area contributed by atoms with Gasteiger partial charge in [-0.25, -0.2) is 0 Å². The molecular weight excluding hydrogens is 200 g/mol. The summed E-state index contributed by atoms with van der Waals surface area (Å²) in [5.41, 5.74) is 6.04. The Morgan fingerprint density at radius 3 is 2.50 bits per heavy atom. The van der Waals surface area contributed by atoms with Gasteiger partial charge < -0.3 is 10.6 Å². The van der Waals surface area contributed by atoms with Crippen LogP contribution in [0.2, 0.25) is 0 Å². The van der Waals surface area contributed by atoms with Crippen LogP contribution in [0, 0.1) is 5.41 Å². The van der Waals surface area contributed by atoms with Crippen molar-refractivity contribution in [2.45, 2.75) is 20.8 Å². The fourth-order valence-corrected chi connectivity index (χ4v) is 1.37. The van der Waals surface area contributed by atoms with E-state index in [2.05, 4.69) is 14.5 Å². The highest BCUT2D eigenvalue weighted by molar-refractivity contribution is 7.09. The van der Waals surface area contributed by atoms with Crippen molar-refractivity contribution in [3.8, 4) is 0 Å². The third kappa shape index (κ3) is 2.41. The van der Waals surface area contributed by atoms with Crippen molar-refractivity contribution >= 4 is 22.4 Å². The van der Waals surface area contributed by atoms with Gasteiger partial charge in [0.15, 0.2) is 11.0 Å². The molecule has 0 amide bonds. The van der Waals surface area contributed by atoms with Crippen LogP contribution < -0.4 is 5.73 Å². The maximum absolute atomic E-state index is 5.50. The Kier molecular flexibility index (Phi) is 3.05. The molecule has 1 rings (SSSR count). The van der Waals surface area contributed by atoms with E-state index in [1.807, 2.05) is 20.8 Å². The van der Waals surface area contributed by atoms with Crippen LogP contribution in [0.5, 0.6) is 0 Å². The molecule has 0 bridgehead atoms. The highest BCUT2D eigenvalue weighted by Gasteiger charge is 2.25. The van der Waals surface area contributed by atoms with Gasteiger partial charge in [-0.1, -0.05) is 25.9 Å². The molecule has 1 heterocycles. The molecule has 0 aliphatic heterocycles. The van der Waals surface area contributed by atoms with Gasteiger partial charge in [-0.15, -0.1) is 0 Å². The van der Waals surface area contributed by atoms with Crippen LogP contribution in [0.15, 0.2) is 5.16 Å². The fraction of sp³-hybridized carbons (Fsp3) is 0.625. The van der Waals surface area contributed by atoms with Gasteiger partial charge >= 0.3 is 0 Å². The van der Waals surface area contributed by atoms with Crippen LogP contribution in [0.25, 0.3) is 0 Å². The highest BCUT2D eigenvalue weighted by atomic mass is 32.1. The minimum atomic E-state index is -0.163. The van der Waals surface area contributed by atoms with Gasteiger partial charge in [0.25, 0.3) is 0 Å². The average molecular weight is 214 g/mol. The number of nitrogens with zero attached hydrogens (tertiary/aromatic N) is 3. The molecule has 0 aliphatic rings. The predicted molar refractivity (Wildman–Crippen MR) is 57.3 cm³/mol. The molecule has 0 atom stereocenters. The van der Waals surface area contributed by atoms with E-state index in [-0.39, 0.29) is 5.41 Å². The Morgan fingerprint density at radius 2 is 2.14 bits per heavy atom. The van der Waals surface area contributed by atoms with Crippen LogP contribution in [0.4, 0.5) is 5.13 Å². The quantitative estimate of drug-likeness (QED) is 0.598. The molecule has 0 aromatic carbocycles. The van der Waals surface area contributed by atoms with Crippen LogP contribution in [-0.4, -0.2) is 22.2 Å². The van der Waals surface area contributed by atoms with Gasteiger partial charge in [0.2, 0.25) is 0 Å². The molecule has 0 saturated carbocycles. The second-order valence-corrected chi connectivity index (χ2v) is 4.61. The molecule has 0 unspecified atom stereocenters. The normalized spacial score (nSPS) is 13.0. The van der Waals surface area contributed by atoms with E-state index in [0.29, 0.717) is 16.7 Å². The van der Waals surface area contributed by atoms with Gasteiger partial charge in [-0.3, -0.25) is 0 Å². The van der Waals surface area contributed by atoms with Gasteiger partial charge in [-0.05, 0) is 0 Å². The van der Waals surface area contributed by atoms with Gasteiger partial charge in [0.05, 0.1) is 0 Å². The number of hydrogen-bond donors (Lipinski definition) is 1. The highest BCUT2D eigenvalue weighted by Crippen LogP contribution is 2.21. The Bertz CT molecular complexity index is 339. The number of anilines is 1. The van der Waals surface area contributed by atoms with Crippen molar-refractivity contribution in [3.05, 3.63) is 5.82 Å². The number of rotatable bonds is 2.